The lowest BCUT2D eigenvalue weighted by Gasteiger charge is -2.18. The molecule has 0 fully saturated rings. The summed E-state index contributed by atoms with van der Waals surface area (Å²) >= 11 is 3.54. The molecule has 0 aliphatic rings. The van der Waals surface area contributed by atoms with Gasteiger partial charge in [-0.25, -0.2) is 0 Å². The van der Waals surface area contributed by atoms with E-state index in [-0.39, 0.29) is 6.04 Å². The zero-order valence-corrected chi connectivity index (χ0v) is 12.6. The first kappa shape index (κ1) is 14.3. The van der Waals surface area contributed by atoms with Gasteiger partial charge in [-0.2, -0.15) is 5.10 Å². The quantitative estimate of drug-likeness (QED) is 0.606. The van der Waals surface area contributed by atoms with Crippen LogP contribution in [0.25, 0.3) is 0 Å². The number of hydrazine groups is 1. The Labute approximate surface area is 121 Å². The minimum atomic E-state index is 0.0496. The van der Waals surface area contributed by atoms with Crippen molar-refractivity contribution >= 4 is 15.9 Å². The summed E-state index contributed by atoms with van der Waals surface area (Å²) < 4.78 is 8.34. The van der Waals surface area contributed by atoms with E-state index in [1.807, 2.05) is 23.0 Å². The van der Waals surface area contributed by atoms with Crippen LogP contribution in [0, 0.1) is 0 Å². The maximum Gasteiger partial charge on any atom is 0.103 e. The molecule has 19 heavy (non-hydrogen) atoms. The molecule has 0 aliphatic heterocycles. The molecule has 1 unspecified atom stereocenters. The van der Waals surface area contributed by atoms with Crippen molar-refractivity contribution in [2.75, 3.05) is 0 Å². The van der Waals surface area contributed by atoms with Gasteiger partial charge in [-0.1, -0.05) is 6.92 Å². The minimum Gasteiger partial charge on any atom is -0.469 e. The van der Waals surface area contributed by atoms with E-state index in [9.17, 15) is 0 Å². The molecule has 2 rings (SSSR count). The molecule has 0 bridgehead atoms. The molecule has 3 N–H and O–H groups in total. The predicted molar refractivity (Wildman–Crippen MR) is 77.3 cm³/mol. The second-order valence-electron chi connectivity index (χ2n) is 4.44. The van der Waals surface area contributed by atoms with Crippen LogP contribution in [0.3, 0.4) is 0 Å². The van der Waals surface area contributed by atoms with Gasteiger partial charge in [-0.3, -0.25) is 16.0 Å². The van der Waals surface area contributed by atoms with Crippen LogP contribution in [0.2, 0.25) is 0 Å². The van der Waals surface area contributed by atoms with E-state index in [1.165, 1.54) is 0 Å². The Morgan fingerprint density at radius 3 is 3.05 bits per heavy atom. The Bertz CT molecular complexity index is 495. The van der Waals surface area contributed by atoms with Crippen molar-refractivity contribution in [1.29, 1.82) is 0 Å². The second-order valence-corrected chi connectivity index (χ2v) is 5.29. The Hall–Kier alpha value is -1.11. The highest BCUT2D eigenvalue weighted by atomic mass is 79.9. The standard InChI is InChI=1S/C13H19BrN4O/c1-2-7-18-13(11(14)9-16-18)12(17-15)6-5-10-4-3-8-19-10/h3-4,8-9,12,17H,2,5-7,15H2,1H3. The van der Waals surface area contributed by atoms with Crippen LogP contribution in [0.1, 0.15) is 37.3 Å². The molecule has 1 atom stereocenters. The van der Waals surface area contributed by atoms with Crippen LogP contribution < -0.4 is 11.3 Å². The average Bonchev–Trinajstić information content (AvgIpc) is 3.03. The average molecular weight is 327 g/mol. The molecule has 0 saturated carbocycles. The van der Waals surface area contributed by atoms with Crippen molar-refractivity contribution in [3.8, 4) is 0 Å². The SMILES string of the molecule is CCCn1ncc(Br)c1C(CCc1ccco1)NN. The number of nitrogens with one attached hydrogen (secondary N) is 1. The topological polar surface area (TPSA) is 69.0 Å². The number of aromatic nitrogens is 2. The summed E-state index contributed by atoms with van der Waals surface area (Å²) in [5.74, 6) is 6.67. The Morgan fingerprint density at radius 2 is 2.42 bits per heavy atom. The minimum absolute atomic E-state index is 0.0496. The second kappa shape index (κ2) is 6.88. The number of nitrogens with two attached hydrogens (primary N) is 1. The first-order chi connectivity index (χ1) is 9.26. The summed E-state index contributed by atoms with van der Waals surface area (Å²) in [5, 5.41) is 4.37. The summed E-state index contributed by atoms with van der Waals surface area (Å²) in [4.78, 5) is 0. The maximum absolute atomic E-state index is 5.69. The molecule has 0 saturated heterocycles. The van der Waals surface area contributed by atoms with Crippen molar-refractivity contribution in [2.24, 2.45) is 5.84 Å². The largest absolute Gasteiger partial charge is 0.469 e. The van der Waals surface area contributed by atoms with Gasteiger partial charge < -0.3 is 4.42 Å². The van der Waals surface area contributed by atoms with Crippen LogP contribution in [-0.2, 0) is 13.0 Å². The van der Waals surface area contributed by atoms with Gasteiger partial charge in [0.1, 0.15) is 5.76 Å². The van der Waals surface area contributed by atoms with Crippen LogP contribution in [0.5, 0.6) is 0 Å². The zero-order chi connectivity index (χ0) is 13.7. The third kappa shape index (κ3) is 3.46. The number of nitrogens with zero attached hydrogens (tertiary/aromatic N) is 2. The Morgan fingerprint density at radius 1 is 1.58 bits per heavy atom. The summed E-state index contributed by atoms with van der Waals surface area (Å²) in [7, 11) is 0. The van der Waals surface area contributed by atoms with Crippen LogP contribution >= 0.6 is 15.9 Å². The summed E-state index contributed by atoms with van der Waals surface area (Å²) in [6.07, 6.45) is 6.25. The molecule has 104 valence electrons. The first-order valence-electron chi connectivity index (χ1n) is 6.46. The van der Waals surface area contributed by atoms with E-state index in [0.29, 0.717) is 0 Å². The highest BCUT2D eigenvalue weighted by Crippen LogP contribution is 2.26. The number of halogens is 1. The van der Waals surface area contributed by atoms with Crippen LogP contribution in [0.4, 0.5) is 0 Å². The predicted octanol–water partition coefficient (Wildman–Crippen LogP) is 2.79. The molecule has 0 radical (unpaired) electrons. The molecule has 2 heterocycles. The molecule has 6 heteroatoms. The van der Waals surface area contributed by atoms with Gasteiger partial charge in [0, 0.05) is 13.0 Å². The Balaban J connectivity index is 2.10. The molecule has 2 aromatic rings. The van der Waals surface area contributed by atoms with Gasteiger partial charge in [0.05, 0.1) is 28.7 Å². The normalized spacial score (nSPS) is 12.8. The third-order valence-corrected chi connectivity index (χ3v) is 3.67. The Kier molecular flexibility index (Phi) is 5.18. The molecule has 0 aromatic carbocycles. The molecule has 0 aliphatic carbocycles. The van der Waals surface area contributed by atoms with E-state index < -0.39 is 0 Å². The highest BCUT2D eigenvalue weighted by molar-refractivity contribution is 9.10. The highest BCUT2D eigenvalue weighted by Gasteiger charge is 2.19. The van der Waals surface area contributed by atoms with Crippen molar-refractivity contribution in [1.82, 2.24) is 15.2 Å². The zero-order valence-electron chi connectivity index (χ0n) is 11.0. The molecule has 0 spiro atoms. The lowest BCUT2D eigenvalue weighted by Crippen LogP contribution is -2.30. The molecular weight excluding hydrogens is 308 g/mol. The fourth-order valence-electron chi connectivity index (χ4n) is 2.15. The fraction of sp³-hybridized carbons (Fsp3) is 0.462. The molecule has 5 nitrogen and oxygen atoms in total. The van der Waals surface area contributed by atoms with Gasteiger partial charge in [0.2, 0.25) is 0 Å². The number of rotatable bonds is 7. The fourth-order valence-corrected chi connectivity index (χ4v) is 2.72. The summed E-state index contributed by atoms with van der Waals surface area (Å²) in [6, 6.07) is 3.93. The summed E-state index contributed by atoms with van der Waals surface area (Å²) in [5.41, 5.74) is 3.97. The molecule has 0 amide bonds. The number of furan rings is 1. The van der Waals surface area contributed by atoms with E-state index in [4.69, 9.17) is 10.3 Å². The third-order valence-electron chi connectivity index (χ3n) is 3.06. The maximum atomic E-state index is 5.69. The van der Waals surface area contributed by atoms with Gasteiger partial charge >= 0.3 is 0 Å². The van der Waals surface area contributed by atoms with E-state index >= 15 is 0 Å². The number of hydrogen-bond acceptors (Lipinski definition) is 4. The van der Waals surface area contributed by atoms with Crippen molar-refractivity contribution in [3.05, 3.63) is 40.5 Å². The van der Waals surface area contributed by atoms with Crippen molar-refractivity contribution in [3.63, 3.8) is 0 Å². The monoisotopic (exact) mass is 326 g/mol. The van der Waals surface area contributed by atoms with Crippen LogP contribution in [-0.4, -0.2) is 9.78 Å². The smallest absolute Gasteiger partial charge is 0.103 e. The van der Waals surface area contributed by atoms with Gasteiger partial charge in [0.25, 0.3) is 0 Å². The lowest BCUT2D eigenvalue weighted by atomic mass is 10.1. The number of aryl methyl sites for hydroxylation is 2. The lowest BCUT2D eigenvalue weighted by molar-refractivity contribution is 0.430. The van der Waals surface area contributed by atoms with Crippen molar-refractivity contribution < 1.29 is 4.42 Å². The van der Waals surface area contributed by atoms with Crippen molar-refractivity contribution in [2.45, 2.75) is 38.8 Å². The van der Waals surface area contributed by atoms with E-state index in [2.05, 4.69) is 33.4 Å². The number of hydrogen-bond donors (Lipinski definition) is 2. The summed E-state index contributed by atoms with van der Waals surface area (Å²) in [6.45, 7) is 3.02. The van der Waals surface area contributed by atoms with Gasteiger partial charge in [-0.05, 0) is 40.9 Å². The first-order valence-corrected chi connectivity index (χ1v) is 7.25. The molecule has 2 aromatic heterocycles. The molecular formula is C13H19BrN4O. The van der Waals surface area contributed by atoms with Gasteiger partial charge in [-0.15, -0.1) is 0 Å². The van der Waals surface area contributed by atoms with Gasteiger partial charge in [0.15, 0.2) is 0 Å². The van der Waals surface area contributed by atoms with E-state index in [1.54, 1.807) is 6.26 Å². The van der Waals surface area contributed by atoms with E-state index in [0.717, 1.165) is 41.7 Å². The van der Waals surface area contributed by atoms with Crippen LogP contribution in [0.15, 0.2) is 33.5 Å².